The molecule has 1 spiro atoms. The smallest absolute Gasteiger partial charge is 0.159 e. The number of ether oxygens (including phenoxy) is 1. The van der Waals surface area contributed by atoms with Gasteiger partial charge in [0.2, 0.25) is 0 Å². The van der Waals surface area contributed by atoms with Gasteiger partial charge in [-0.3, -0.25) is 0 Å². The first-order valence-electron chi connectivity index (χ1n) is 23.2. The SMILES string of the molecule is c1ccc(-c2ccccc2N(c2ccc3c(c2)-c2ccccc2-c2ccccc2C32c3ccccc3-c3cc4ccccc4cc32)c2cccc3c2Oc2ccccc2-c2ccccc2-3)cc1. The van der Waals surface area contributed by atoms with Gasteiger partial charge in [-0.15, -0.1) is 0 Å². The Bertz CT molecular complexity index is 3810. The van der Waals surface area contributed by atoms with Crippen LogP contribution in [0.4, 0.5) is 17.1 Å². The summed E-state index contributed by atoms with van der Waals surface area (Å²) in [6.45, 7) is 0. The van der Waals surface area contributed by atoms with E-state index in [2.05, 4.69) is 254 Å². The van der Waals surface area contributed by atoms with Crippen molar-refractivity contribution in [1.82, 2.24) is 0 Å². The molecule has 1 heterocycles. The summed E-state index contributed by atoms with van der Waals surface area (Å²) in [6.07, 6.45) is 0. The summed E-state index contributed by atoms with van der Waals surface area (Å²) in [6, 6.07) is 91.5. The van der Waals surface area contributed by atoms with Crippen molar-refractivity contribution in [2.75, 3.05) is 4.90 Å². The summed E-state index contributed by atoms with van der Waals surface area (Å²) < 4.78 is 7.26. The molecule has 0 saturated heterocycles. The van der Waals surface area contributed by atoms with E-state index < -0.39 is 5.41 Å². The second-order valence-corrected chi connectivity index (χ2v) is 17.9. The van der Waals surface area contributed by atoms with Gasteiger partial charge in [0.1, 0.15) is 5.75 Å². The van der Waals surface area contributed by atoms with Crippen LogP contribution < -0.4 is 9.64 Å². The van der Waals surface area contributed by atoms with E-state index in [9.17, 15) is 0 Å². The molecule has 2 heteroatoms. The van der Waals surface area contributed by atoms with Crippen molar-refractivity contribution in [2.45, 2.75) is 5.41 Å². The number of anilines is 3. The maximum absolute atomic E-state index is 7.26. The van der Waals surface area contributed by atoms with E-state index in [0.717, 1.165) is 61.9 Å². The number of hydrogen-bond donors (Lipinski definition) is 0. The predicted octanol–water partition coefficient (Wildman–Crippen LogP) is 17.4. The number of nitrogens with zero attached hydrogens (tertiary/aromatic N) is 1. The van der Waals surface area contributed by atoms with Crippen LogP contribution in [-0.4, -0.2) is 0 Å². The molecule has 1 aliphatic heterocycles. The van der Waals surface area contributed by atoms with Crippen LogP contribution in [0.2, 0.25) is 0 Å². The molecule has 0 bridgehead atoms. The molecular weight excluding hydrogens is 811 g/mol. The molecule has 312 valence electrons. The third-order valence-corrected chi connectivity index (χ3v) is 14.5. The fourth-order valence-corrected chi connectivity index (χ4v) is 11.7. The van der Waals surface area contributed by atoms with Gasteiger partial charge in [-0.2, -0.15) is 0 Å². The van der Waals surface area contributed by atoms with Gasteiger partial charge in [0.05, 0.1) is 16.8 Å². The largest absolute Gasteiger partial charge is 0.454 e. The van der Waals surface area contributed by atoms with Gasteiger partial charge < -0.3 is 9.64 Å². The lowest BCUT2D eigenvalue weighted by Crippen LogP contribution is -2.29. The van der Waals surface area contributed by atoms with Crippen LogP contribution >= 0.6 is 0 Å². The molecule has 0 N–H and O–H groups in total. The van der Waals surface area contributed by atoms with Crippen LogP contribution in [0, 0.1) is 0 Å². The van der Waals surface area contributed by atoms with E-state index in [-0.39, 0.29) is 0 Å². The van der Waals surface area contributed by atoms with Crippen molar-refractivity contribution in [3.8, 4) is 78.3 Å². The van der Waals surface area contributed by atoms with Crippen molar-refractivity contribution in [2.24, 2.45) is 0 Å². The van der Waals surface area contributed by atoms with Crippen molar-refractivity contribution in [3.63, 3.8) is 0 Å². The molecule has 1 atom stereocenters. The van der Waals surface area contributed by atoms with Gasteiger partial charge >= 0.3 is 0 Å². The minimum atomic E-state index is -0.618. The van der Waals surface area contributed by atoms with Crippen LogP contribution in [0.5, 0.6) is 11.5 Å². The molecule has 2 nitrogen and oxygen atoms in total. The highest BCUT2D eigenvalue weighted by Crippen LogP contribution is 2.63. The first-order valence-corrected chi connectivity index (χ1v) is 23.2. The summed E-state index contributed by atoms with van der Waals surface area (Å²) in [5.41, 5.74) is 21.7. The topological polar surface area (TPSA) is 12.5 Å². The Kier molecular flexibility index (Phi) is 8.23. The Hall–Kier alpha value is -8.72. The third kappa shape index (κ3) is 5.45. The summed E-state index contributed by atoms with van der Waals surface area (Å²) in [4.78, 5) is 2.44. The molecule has 3 aliphatic rings. The zero-order valence-corrected chi connectivity index (χ0v) is 36.5. The van der Waals surface area contributed by atoms with Crippen LogP contribution in [0.3, 0.4) is 0 Å². The first-order chi connectivity index (χ1) is 33.3. The van der Waals surface area contributed by atoms with Gasteiger partial charge in [0.15, 0.2) is 5.75 Å². The highest BCUT2D eigenvalue weighted by Gasteiger charge is 2.50. The highest BCUT2D eigenvalue weighted by molar-refractivity contribution is 6.03. The highest BCUT2D eigenvalue weighted by atomic mass is 16.5. The van der Waals surface area contributed by atoms with Crippen LogP contribution in [-0.2, 0) is 5.41 Å². The van der Waals surface area contributed by atoms with E-state index in [1.54, 1.807) is 0 Å². The number of benzene rings is 11. The maximum Gasteiger partial charge on any atom is 0.159 e. The van der Waals surface area contributed by atoms with E-state index in [1.165, 1.54) is 66.4 Å². The summed E-state index contributed by atoms with van der Waals surface area (Å²) >= 11 is 0. The van der Waals surface area contributed by atoms with E-state index in [1.807, 2.05) is 0 Å². The Labute approximate surface area is 390 Å². The Morgan fingerprint density at radius 1 is 0.284 bits per heavy atom. The fraction of sp³-hybridized carbons (Fsp3) is 0.0154. The molecule has 0 fully saturated rings. The van der Waals surface area contributed by atoms with Crippen LogP contribution in [0.25, 0.3) is 77.5 Å². The fourth-order valence-electron chi connectivity index (χ4n) is 11.7. The lowest BCUT2D eigenvalue weighted by atomic mass is 9.65. The number of hydrogen-bond acceptors (Lipinski definition) is 2. The molecular formula is C65H41NO. The summed E-state index contributed by atoms with van der Waals surface area (Å²) in [5.74, 6) is 1.65. The number of fused-ring (bicyclic) bond motifs is 18. The van der Waals surface area contributed by atoms with Crippen LogP contribution in [0.15, 0.2) is 249 Å². The normalized spacial score (nSPS) is 14.4. The average molecular weight is 852 g/mol. The third-order valence-electron chi connectivity index (χ3n) is 14.5. The second-order valence-electron chi connectivity index (χ2n) is 17.9. The quantitative estimate of drug-likeness (QED) is 0.175. The van der Waals surface area contributed by atoms with Gasteiger partial charge in [-0.25, -0.2) is 0 Å². The molecule has 2 aliphatic carbocycles. The summed E-state index contributed by atoms with van der Waals surface area (Å²) in [7, 11) is 0. The maximum atomic E-state index is 7.26. The predicted molar refractivity (Wildman–Crippen MR) is 277 cm³/mol. The molecule has 11 aromatic rings. The summed E-state index contributed by atoms with van der Waals surface area (Å²) in [5, 5.41) is 2.48. The van der Waals surface area contributed by atoms with Crippen molar-refractivity contribution < 1.29 is 4.74 Å². The molecule has 0 aromatic heterocycles. The lowest BCUT2D eigenvalue weighted by molar-refractivity contribution is 0.489. The van der Waals surface area contributed by atoms with E-state index in [0.29, 0.717) is 0 Å². The van der Waals surface area contributed by atoms with Gasteiger partial charge in [0, 0.05) is 22.4 Å². The first kappa shape index (κ1) is 37.6. The minimum Gasteiger partial charge on any atom is -0.454 e. The zero-order chi connectivity index (χ0) is 44.1. The van der Waals surface area contributed by atoms with E-state index in [4.69, 9.17) is 4.74 Å². The van der Waals surface area contributed by atoms with Crippen molar-refractivity contribution in [3.05, 3.63) is 271 Å². The Morgan fingerprint density at radius 3 is 1.49 bits per heavy atom. The van der Waals surface area contributed by atoms with Crippen molar-refractivity contribution in [1.29, 1.82) is 0 Å². The molecule has 0 radical (unpaired) electrons. The number of para-hydroxylation sites is 3. The molecule has 0 amide bonds. The molecule has 67 heavy (non-hydrogen) atoms. The second kappa shape index (κ2) is 14.7. The molecule has 0 saturated carbocycles. The van der Waals surface area contributed by atoms with Gasteiger partial charge in [-0.05, 0) is 126 Å². The van der Waals surface area contributed by atoms with E-state index >= 15 is 0 Å². The standard InChI is InChI=1S/C65H41NO/c1-2-19-42(20-3-1)46-23-12-16-34-61(46)66(62-35-18-31-54-49-26-8-7-25-48(49)53-30-13-17-36-63(53)67-64(54)62)45-37-38-59-56(41-45)50-27-9-6-24-47(50)51-28-10-14-32-57(51)65(59)58-33-15-11-29-52(58)55-39-43-21-4-5-22-44(43)40-60(55)65/h1-41H. The molecule has 1 unspecified atom stereocenters. The average Bonchev–Trinajstić information content (AvgIpc) is 3.51. The Balaban J connectivity index is 1.10. The van der Waals surface area contributed by atoms with Crippen molar-refractivity contribution >= 4 is 27.8 Å². The lowest BCUT2D eigenvalue weighted by Gasteiger charge is -2.36. The van der Waals surface area contributed by atoms with Gasteiger partial charge in [0.25, 0.3) is 0 Å². The molecule has 11 aromatic carbocycles. The molecule has 14 rings (SSSR count). The van der Waals surface area contributed by atoms with Crippen LogP contribution in [0.1, 0.15) is 22.3 Å². The monoisotopic (exact) mass is 851 g/mol. The minimum absolute atomic E-state index is 0.618. The van der Waals surface area contributed by atoms with Gasteiger partial charge in [-0.1, -0.05) is 206 Å². The Morgan fingerprint density at radius 2 is 0.761 bits per heavy atom. The zero-order valence-electron chi connectivity index (χ0n) is 36.5. The number of rotatable bonds is 4.